The van der Waals surface area contributed by atoms with Gasteiger partial charge in [-0.15, -0.1) is 0 Å². The molecule has 2 amide bonds. The van der Waals surface area contributed by atoms with Gasteiger partial charge in [-0.05, 0) is 6.08 Å². The third-order valence-corrected chi connectivity index (χ3v) is 1.15. The number of hydrogen-bond acceptors (Lipinski definition) is 2. The molecule has 0 heterocycles. The van der Waals surface area contributed by atoms with Crippen molar-refractivity contribution in [2.45, 2.75) is 13.8 Å². The standard InChI is InChI=1S/C8H11NO2/c1-5-6(2)9(7(3)10)8(4)11/h5H,1-2H2,3-4H3. The van der Waals surface area contributed by atoms with Crippen LogP contribution in [-0.4, -0.2) is 16.7 Å². The van der Waals surface area contributed by atoms with E-state index in [1.54, 1.807) is 0 Å². The van der Waals surface area contributed by atoms with Crippen LogP contribution in [0.15, 0.2) is 24.9 Å². The van der Waals surface area contributed by atoms with Crippen LogP contribution in [0, 0.1) is 0 Å². The molecule has 0 atom stereocenters. The van der Waals surface area contributed by atoms with Gasteiger partial charge in [0.15, 0.2) is 0 Å². The van der Waals surface area contributed by atoms with Crippen LogP contribution in [0.2, 0.25) is 0 Å². The van der Waals surface area contributed by atoms with Gasteiger partial charge in [0.05, 0.1) is 0 Å². The number of rotatable bonds is 2. The molecule has 0 aliphatic rings. The minimum atomic E-state index is -0.345. The van der Waals surface area contributed by atoms with E-state index in [0.29, 0.717) is 5.70 Å². The summed E-state index contributed by atoms with van der Waals surface area (Å²) >= 11 is 0. The molecule has 60 valence electrons. The Balaban J connectivity index is 4.60. The zero-order chi connectivity index (χ0) is 9.02. The molecule has 0 radical (unpaired) electrons. The average Bonchev–Trinajstić information content (AvgIpc) is 1.85. The molecular weight excluding hydrogens is 142 g/mol. The molecular formula is C8H11NO2. The Morgan fingerprint density at radius 3 is 1.73 bits per heavy atom. The fourth-order valence-corrected chi connectivity index (χ4v) is 0.717. The largest absolute Gasteiger partial charge is 0.274 e. The van der Waals surface area contributed by atoms with E-state index in [1.165, 1.54) is 19.9 Å². The van der Waals surface area contributed by atoms with Gasteiger partial charge in [-0.1, -0.05) is 13.2 Å². The van der Waals surface area contributed by atoms with Gasteiger partial charge < -0.3 is 0 Å². The lowest BCUT2D eigenvalue weighted by molar-refractivity contribution is -0.139. The van der Waals surface area contributed by atoms with Crippen molar-refractivity contribution >= 4 is 11.8 Å². The molecule has 0 saturated carbocycles. The van der Waals surface area contributed by atoms with Crippen molar-refractivity contribution in [3.8, 4) is 0 Å². The maximum atomic E-state index is 10.8. The van der Waals surface area contributed by atoms with Crippen molar-refractivity contribution in [1.82, 2.24) is 4.90 Å². The second kappa shape index (κ2) is 3.71. The van der Waals surface area contributed by atoms with Crippen LogP contribution >= 0.6 is 0 Å². The van der Waals surface area contributed by atoms with Gasteiger partial charge in [0.25, 0.3) is 0 Å². The molecule has 0 saturated heterocycles. The second-order valence-electron chi connectivity index (χ2n) is 2.07. The number of hydrogen-bond donors (Lipinski definition) is 0. The molecule has 0 bridgehead atoms. The average molecular weight is 153 g/mol. The third-order valence-electron chi connectivity index (χ3n) is 1.15. The molecule has 0 fully saturated rings. The monoisotopic (exact) mass is 153 g/mol. The first kappa shape index (κ1) is 9.62. The summed E-state index contributed by atoms with van der Waals surface area (Å²) in [5.74, 6) is -0.690. The summed E-state index contributed by atoms with van der Waals surface area (Å²) in [6, 6.07) is 0. The van der Waals surface area contributed by atoms with E-state index < -0.39 is 0 Å². The van der Waals surface area contributed by atoms with Gasteiger partial charge in [0, 0.05) is 19.5 Å². The summed E-state index contributed by atoms with van der Waals surface area (Å²) in [5, 5.41) is 0. The fourth-order valence-electron chi connectivity index (χ4n) is 0.717. The van der Waals surface area contributed by atoms with E-state index in [-0.39, 0.29) is 11.8 Å². The molecule has 0 aromatic heterocycles. The van der Waals surface area contributed by atoms with Crippen LogP contribution in [0.25, 0.3) is 0 Å². The minimum Gasteiger partial charge on any atom is -0.274 e. The maximum absolute atomic E-state index is 10.8. The lowest BCUT2D eigenvalue weighted by atomic mass is 10.4. The number of carbonyl (C=O) groups is 2. The van der Waals surface area contributed by atoms with E-state index in [9.17, 15) is 9.59 Å². The van der Waals surface area contributed by atoms with Crippen molar-refractivity contribution in [3.05, 3.63) is 24.9 Å². The first-order chi connectivity index (χ1) is 5.00. The van der Waals surface area contributed by atoms with Crippen molar-refractivity contribution in [2.75, 3.05) is 0 Å². The predicted molar refractivity (Wildman–Crippen MR) is 42.5 cm³/mol. The second-order valence-corrected chi connectivity index (χ2v) is 2.07. The maximum Gasteiger partial charge on any atom is 0.230 e. The zero-order valence-electron chi connectivity index (χ0n) is 6.76. The molecule has 0 aromatic carbocycles. The van der Waals surface area contributed by atoms with E-state index in [1.807, 2.05) is 0 Å². The molecule has 0 aromatic rings. The van der Waals surface area contributed by atoms with E-state index in [4.69, 9.17) is 0 Å². The Kier molecular flexibility index (Phi) is 3.24. The predicted octanol–water partition coefficient (Wildman–Crippen LogP) is 1.08. The van der Waals surface area contributed by atoms with Crippen molar-refractivity contribution in [2.24, 2.45) is 0 Å². The van der Waals surface area contributed by atoms with Crippen molar-refractivity contribution in [3.63, 3.8) is 0 Å². The number of amides is 2. The zero-order valence-corrected chi connectivity index (χ0v) is 6.76. The van der Waals surface area contributed by atoms with Gasteiger partial charge in [-0.3, -0.25) is 14.5 Å². The molecule has 11 heavy (non-hydrogen) atoms. The van der Waals surface area contributed by atoms with Gasteiger partial charge in [0.1, 0.15) is 0 Å². The van der Waals surface area contributed by atoms with Crippen LogP contribution in [0.1, 0.15) is 13.8 Å². The Bertz CT molecular complexity index is 204. The quantitative estimate of drug-likeness (QED) is 0.557. The summed E-state index contributed by atoms with van der Waals surface area (Å²) in [4.78, 5) is 22.5. The summed E-state index contributed by atoms with van der Waals surface area (Å²) in [6.07, 6.45) is 1.36. The van der Waals surface area contributed by atoms with Crippen LogP contribution in [-0.2, 0) is 9.59 Å². The summed E-state index contributed by atoms with van der Waals surface area (Å²) in [5.41, 5.74) is 0.310. The van der Waals surface area contributed by atoms with E-state index in [2.05, 4.69) is 13.2 Å². The highest BCUT2D eigenvalue weighted by Gasteiger charge is 2.14. The third kappa shape index (κ3) is 2.37. The van der Waals surface area contributed by atoms with Gasteiger partial charge in [-0.2, -0.15) is 0 Å². The normalized spacial score (nSPS) is 8.55. The lowest BCUT2D eigenvalue weighted by Crippen LogP contribution is -2.31. The van der Waals surface area contributed by atoms with Crippen LogP contribution in [0.5, 0.6) is 0 Å². The highest BCUT2D eigenvalue weighted by Crippen LogP contribution is 2.02. The topological polar surface area (TPSA) is 37.4 Å². The molecule has 3 heteroatoms. The van der Waals surface area contributed by atoms with Crippen LogP contribution in [0.3, 0.4) is 0 Å². The Labute approximate surface area is 66.0 Å². The van der Waals surface area contributed by atoms with Crippen molar-refractivity contribution in [1.29, 1.82) is 0 Å². The minimum absolute atomic E-state index is 0.310. The fraction of sp³-hybridized carbons (Fsp3) is 0.250. The molecule has 0 spiro atoms. The smallest absolute Gasteiger partial charge is 0.230 e. The number of nitrogens with zero attached hydrogens (tertiary/aromatic N) is 1. The molecule has 0 aliphatic carbocycles. The SMILES string of the molecule is C=CC(=C)N(C(C)=O)C(C)=O. The Morgan fingerprint density at radius 1 is 1.27 bits per heavy atom. The van der Waals surface area contributed by atoms with Crippen LogP contribution < -0.4 is 0 Å². The Morgan fingerprint density at radius 2 is 1.64 bits per heavy atom. The molecule has 0 aliphatic heterocycles. The van der Waals surface area contributed by atoms with Gasteiger partial charge in [-0.25, -0.2) is 0 Å². The van der Waals surface area contributed by atoms with Crippen LogP contribution in [0.4, 0.5) is 0 Å². The summed E-state index contributed by atoms with van der Waals surface area (Å²) in [6.45, 7) is 9.49. The van der Waals surface area contributed by atoms with E-state index in [0.717, 1.165) is 4.90 Å². The summed E-state index contributed by atoms with van der Waals surface area (Å²) in [7, 11) is 0. The highest BCUT2D eigenvalue weighted by molar-refractivity contribution is 5.95. The molecule has 0 rings (SSSR count). The number of imide groups is 1. The molecule has 3 nitrogen and oxygen atoms in total. The molecule has 0 N–H and O–H groups in total. The van der Waals surface area contributed by atoms with Gasteiger partial charge in [0.2, 0.25) is 11.8 Å². The van der Waals surface area contributed by atoms with Gasteiger partial charge >= 0.3 is 0 Å². The lowest BCUT2D eigenvalue weighted by Gasteiger charge is -2.16. The number of carbonyl (C=O) groups excluding carboxylic acids is 2. The first-order valence-corrected chi connectivity index (χ1v) is 3.13. The summed E-state index contributed by atoms with van der Waals surface area (Å²) < 4.78 is 0. The Hall–Kier alpha value is -1.38. The van der Waals surface area contributed by atoms with E-state index >= 15 is 0 Å². The number of allylic oxidation sites excluding steroid dienone is 1. The molecule has 0 unspecified atom stereocenters. The highest BCUT2D eigenvalue weighted by atomic mass is 16.2. The van der Waals surface area contributed by atoms with Crippen molar-refractivity contribution < 1.29 is 9.59 Å². The first-order valence-electron chi connectivity index (χ1n) is 3.13.